The molecule has 0 saturated heterocycles. The van der Waals surface area contributed by atoms with Crippen LogP contribution in [0.4, 0.5) is 11.5 Å². The number of pyridine rings is 1. The lowest BCUT2D eigenvalue weighted by Crippen LogP contribution is -2.25. The molecule has 3 heterocycles. The summed E-state index contributed by atoms with van der Waals surface area (Å²) in [5.74, 6) is -0.177. The van der Waals surface area contributed by atoms with Gasteiger partial charge in [-0.05, 0) is 49.7 Å². The Morgan fingerprint density at radius 3 is 2.41 bits per heavy atom. The van der Waals surface area contributed by atoms with Gasteiger partial charge in [0.15, 0.2) is 0 Å². The minimum absolute atomic E-state index is 0.0889. The highest BCUT2D eigenvalue weighted by atomic mass is 16.2. The highest BCUT2D eigenvalue weighted by molar-refractivity contribution is 6.05. The van der Waals surface area contributed by atoms with E-state index >= 15 is 0 Å². The molecular formula is C28H25N7O2. The molecule has 184 valence electrons. The van der Waals surface area contributed by atoms with Crippen LogP contribution in [0.15, 0.2) is 84.0 Å². The Hall–Kier alpha value is -5.05. The number of benzene rings is 2. The van der Waals surface area contributed by atoms with Crippen molar-refractivity contribution in [2.75, 3.05) is 11.1 Å². The van der Waals surface area contributed by atoms with Gasteiger partial charge in [-0.3, -0.25) is 19.3 Å². The number of rotatable bonds is 5. The number of anilines is 2. The van der Waals surface area contributed by atoms with Gasteiger partial charge in [-0.25, -0.2) is 14.6 Å². The first-order valence-electron chi connectivity index (χ1n) is 11.6. The van der Waals surface area contributed by atoms with Gasteiger partial charge in [0.05, 0.1) is 23.3 Å². The number of carbonyl (C=O) groups is 1. The maximum Gasteiger partial charge on any atom is 0.284 e. The normalized spacial score (nSPS) is 10.9. The topological polar surface area (TPSA) is 121 Å². The van der Waals surface area contributed by atoms with Crippen molar-refractivity contribution in [3.05, 3.63) is 106 Å². The van der Waals surface area contributed by atoms with Crippen molar-refractivity contribution in [2.24, 2.45) is 7.05 Å². The number of aryl methyl sites for hydroxylation is 1. The number of aromatic nitrogens is 5. The summed E-state index contributed by atoms with van der Waals surface area (Å²) in [6.45, 7) is 3.71. The second-order valence-corrected chi connectivity index (χ2v) is 8.65. The molecule has 0 spiro atoms. The van der Waals surface area contributed by atoms with Crippen molar-refractivity contribution >= 4 is 17.4 Å². The summed E-state index contributed by atoms with van der Waals surface area (Å²) in [7, 11) is 1.75. The lowest BCUT2D eigenvalue weighted by atomic mass is 10.1. The third kappa shape index (κ3) is 4.38. The largest absolute Gasteiger partial charge is 0.382 e. The fourth-order valence-electron chi connectivity index (χ4n) is 4.24. The van der Waals surface area contributed by atoms with Crippen LogP contribution in [0.5, 0.6) is 0 Å². The van der Waals surface area contributed by atoms with Crippen LogP contribution in [0.2, 0.25) is 0 Å². The molecule has 0 bridgehead atoms. The summed E-state index contributed by atoms with van der Waals surface area (Å²) in [5, 5.41) is 2.83. The van der Waals surface area contributed by atoms with Gasteiger partial charge in [0.25, 0.3) is 11.5 Å². The summed E-state index contributed by atoms with van der Waals surface area (Å²) >= 11 is 0. The predicted octanol–water partition coefficient (Wildman–Crippen LogP) is 4.15. The van der Waals surface area contributed by atoms with Gasteiger partial charge in [0, 0.05) is 36.3 Å². The molecule has 5 aromatic rings. The van der Waals surface area contributed by atoms with E-state index in [9.17, 15) is 9.59 Å². The highest BCUT2D eigenvalue weighted by Crippen LogP contribution is 2.28. The molecule has 3 aromatic heterocycles. The van der Waals surface area contributed by atoms with Crippen molar-refractivity contribution < 1.29 is 4.79 Å². The summed E-state index contributed by atoms with van der Waals surface area (Å²) in [6, 6.07) is 18.2. The summed E-state index contributed by atoms with van der Waals surface area (Å²) < 4.78 is 3.15. The Kier molecular flexibility index (Phi) is 6.10. The van der Waals surface area contributed by atoms with Gasteiger partial charge >= 0.3 is 0 Å². The number of para-hydroxylation sites is 1. The lowest BCUT2D eigenvalue weighted by Gasteiger charge is -2.10. The summed E-state index contributed by atoms with van der Waals surface area (Å²) in [4.78, 5) is 39.4. The number of carbonyl (C=O) groups excluding carboxylic acids is 1. The van der Waals surface area contributed by atoms with Crippen molar-refractivity contribution in [3.8, 4) is 28.2 Å². The number of hydrogen-bond acceptors (Lipinski definition) is 6. The molecule has 0 fully saturated rings. The molecule has 37 heavy (non-hydrogen) atoms. The van der Waals surface area contributed by atoms with Crippen molar-refractivity contribution in [1.82, 2.24) is 24.3 Å². The smallest absolute Gasteiger partial charge is 0.284 e. The Morgan fingerprint density at radius 2 is 1.70 bits per heavy atom. The number of nitrogens with one attached hydrogen (secondary N) is 1. The van der Waals surface area contributed by atoms with Crippen LogP contribution in [-0.2, 0) is 7.05 Å². The van der Waals surface area contributed by atoms with E-state index in [-0.39, 0.29) is 11.1 Å². The minimum atomic E-state index is -0.477. The number of nitrogen functional groups attached to an aromatic ring is 1. The van der Waals surface area contributed by atoms with Gasteiger partial charge in [0.1, 0.15) is 17.1 Å². The van der Waals surface area contributed by atoms with E-state index in [2.05, 4.69) is 15.3 Å². The van der Waals surface area contributed by atoms with Crippen molar-refractivity contribution in [2.45, 2.75) is 13.8 Å². The van der Waals surface area contributed by atoms with Crippen molar-refractivity contribution in [1.29, 1.82) is 0 Å². The average molecular weight is 492 g/mol. The highest BCUT2D eigenvalue weighted by Gasteiger charge is 2.22. The maximum absolute atomic E-state index is 13.1. The first-order chi connectivity index (χ1) is 17.8. The first-order valence-corrected chi connectivity index (χ1v) is 11.6. The fraction of sp³-hybridized carbons (Fsp3) is 0.107. The standard InChI is InChI=1S/C28H25N7O2/c1-17-15-30-14-13-22(17)23-16-31-26(29)25(33-23)19-9-11-20(12-10-19)32-27(36)24-18(2)34(3)35(28(24)37)21-7-5-4-6-8-21/h4-16H,1-3H3,(H2,29,31)(H,32,36). The number of nitrogens with zero attached hydrogens (tertiary/aromatic N) is 5. The third-order valence-electron chi connectivity index (χ3n) is 6.29. The molecule has 0 radical (unpaired) electrons. The van der Waals surface area contributed by atoms with Gasteiger partial charge in [-0.2, -0.15) is 0 Å². The van der Waals surface area contributed by atoms with Gasteiger partial charge in [0.2, 0.25) is 0 Å². The molecule has 0 atom stereocenters. The van der Waals surface area contributed by atoms with E-state index in [1.165, 1.54) is 4.68 Å². The van der Waals surface area contributed by atoms with E-state index in [0.717, 1.165) is 16.7 Å². The predicted molar refractivity (Wildman–Crippen MR) is 144 cm³/mol. The Labute approximate surface area is 213 Å². The summed E-state index contributed by atoms with van der Waals surface area (Å²) in [6.07, 6.45) is 5.12. The molecule has 0 saturated carbocycles. The molecule has 9 heteroatoms. The number of nitrogens with two attached hydrogens (primary N) is 1. The van der Waals surface area contributed by atoms with E-state index < -0.39 is 5.91 Å². The third-order valence-corrected chi connectivity index (χ3v) is 6.29. The zero-order valence-electron chi connectivity index (χ0n) is 20.6. The molecule has 5 rings (SSSR count). The number of hydrogen-bond donors (Lipinski definition) is 2. The molecule has 0 aliphatic rings. The van der Waals surface area contributed by atoms with Gasteiger partial charge in [-0.1, -0.05) is 30.3 Å². The Morgan fingerprint density at radius 1 is 0.973 bits per heavy atom. The molecule has 2 aromatic carbocycles. The zero-order valence-corrected chi connectivity index (χ0v) is 20.6. The monoisotopic (exact) mass is 491 g/mol. The van der Waals surface area contributed by atoms with Crippen molar-refractivity contribution in [3.63, 3.8) is 0 Å². The van der Waals surface area contributed by atoms with E-state index in [1.807, 2.05) is 43.3 Å². The molecule has 0 unspecified atom stereocenters. The Bertz CT molecular complexity index is 1670. The maximum atomic E-state index is 13.1. The van der Waals surface area contributed by atoms with E-state index in [1.54, 1.807) is 61.5 Å². The van der Waals surface area contributed by atoms with Crippen LogP contribution < -0.4 is 16.6 Å². The molecule has 0 aliphatic heterocycles. The Balaban J connectivity index is 1.42. The van der Waals surface area contributed by atoms with Gasteiger partial charge in [-0.15, -0.1) is 0 Å². The number of amides is 1. The SMILES string of the molecule is Cc1cnccc1-c1cnc(N)c(-c2ccc(NC(=O)c3c(C)n(C)n(-c4ccccc4)c3=O)cc2)n1. The van der Waals surface area contributed by atoms with Crippen LogP contribution >= 0.6 is 0 Å². The van der Waals surface area contributed by atoms with Crippen LogP contribution in [0.1, 0.15) is 21.6 Å². The summed E-state index contributed by atoms with van der Waals surface area (Å²) in [5.41, 5.74) is 11.5. The second kappa shape index (κ2) is 9.54. The van der Waals surface area contributed by atoms with E-state index in [4.69, 9.17) is 10.7 Å². The van der Waals surface area contributed by atoms with Crippen LogP contribution in [0.25, 0.3) is 28.2 Å². The molecule has 9 nitrogen and oxygen atoms in total. The first kappa shape index (κ1) is 23.7. The minimum Gasteiger partial charge on any atom is -0.382 e. The van der Waals surface area contributed by atoms with Crippen LogP contribution in [0.3, 0.4) is 0 Å². The molecule has 3 N–H and O–H groups in total. The molecule has 1 amide bonds. The lowest BCUT2D eigenvalue weighted by molar-refractivity contribution is 0.102. The zero-order chi connectivity index (χ0) is 26.1. The van der Waals surface area contributed by atoms with Crippen LogP contribution in [0, 0.1) is 13.8 Å². The quantitative estimate of drug-likeness (QED) is 0.381. The second-order valence-electron chi connectivity index (χ2n) is 8.65. The molecule has 0 aliphatic carbocycles. The average Bonchev–Trinajstić information content (AvgIpc) is 3.13. The van der Waals surface area contributed by atoms with E-state index in [0.29, 0.717) is 34.3 Å². The fourth-order valence-corrected chi connectivity index (χ4v) is 4.24. The molecular weight excluding hydrogens is 466 g/mol. The van der Waals surface area contributed by atoms with Gasteiger partial charge < -0.3 is 11.1 Å². The van der Waals surface area contributed by atoms with Crippen LogP contribution in [-0.4, -0.2) is 30.2 Å².